The quantitative estimate of drug-likeness (QED) is 0.802. The fourth-order valence-corrected chi connectivity index (χ4v) is 2.17. The number of hydrogen-bond acceptors (Lipinski definition) is 4. The highest BCUT2D eigenvalue weighted by Crippen LogP contribution is 2.19. The number of aromatic nitrogens is 2. The number of anilines is 1. The van der Waals surface area contributed by atoms with Gasteiger partial charge in [-0.3, -0.25) is 9.78 Å². The van der Waals surface area contributed by atoms with E-state index in [1.807, 2.05) is 0 Å². The summed E-state index contributed by atoms with van der Waals surface area (Å²) in [6.45, 7) is 2.64. The molecule has 0 amide bonds. The third-order valence-corrected chi connectivity index (χ3v) is 3.42. The number of nitrogens with zero attached hydrogens (tertiary/aromatic N) is 2. The van der Waals surface area contributed by atoms with E-state index in [-0.39, 0.29) is 5.56 Å². The highest BCUT2D eigenvalue weighted by Gasteiger charge is 2.21. The Bertz CT molecular complexity index is 446. The van der Waals surface area contributed by atoms with Crippen LogP contribution in [0, 0.1) is 0 Å². The van der Waals surface area contributed by atoms with Crippen LogP contribution in [-0.4, -0.2) is 29.1 Å². The second kappa shape index (κ2) is 4.49. The van der Waals surface area contributed by atoms with Crippen molar-refractivity contribution in [2.45, 2.75) is 38.3 Å². The summed E-state index contributed by atoms with van der Waals surface area (Å²) in [5.74, 6) is 0.725. The summed E-state index contributed by atoms with van der Waals surface area (Å²) in [6, 6.07) is 0.618. The molecular weight excluding hydrogens is 216 g/mol. The molecule has 0 radical (unpaired) electrons. The van der Waals surface area contributed by atoms with Gasteiger partial charge in [0, 0.05) is 37.4 Å². The Balaban J connectivity index is 1.71. The summed E-state index contributed by atoms with van der Waals surface area (Å²) >= 11 is 0. The van der Waals surface area contributed by atoms with E-state index in [1.165, 1.54) is 25.7 Å². The Labute approximate surface area is 100 Å². The van der Waals surface area contributed by atoms with Gasteiger partial charge in [-0.25, -0.2) is 4.98 Å². The zero-order valence-corrected chi connectivity index (χ0v) is 9.91. The molecule has 0 spiro atoms. The lowest BCUT2D eigenvalue weighted by atomic mass is 10.3. The number of hydrogen-bond donors (Lipinski definition) is 2. The van der Waals surface area contributed by atoms with E-state index in [4.69, 9.17) is 0 Å². The van der Waals surface area contributed by atoms with E-state index in [1.54, 1.807) is 6.20 Å². The van der Waals surface area contributed by atoms with Crippen molar-refractivity contribution in [1.82, 2.24) is 15.3 Å². The third-order valence-electron chi connectivity index (χ3n) is 3.42. The first-order valence-electron chi connectivity index (χ1n) is 6.39. The van der Waals surface area contributed by atoms with Crippen molar-refractivity contribution in [3.05, 3.63) is 22.1 Å². The molecule has 0 unspecified atom stereocenters. The summed E-state index contributed by atoms with van der Waals surface area (Å²) in [4.78, 5) is 21.2. The third kappa shape index (κ3) is 2.49. The number of aromatic amines is 1. The lowest BCUT2D eigenvalue weighted by molar-refractivity contribution is 0.678. The van der Waals surface area contributed by atoms with Gasteiger partial charge < -0.3 is 10.2 Å². The molecule has 17 heavy (non-hydrogen) atoms. The van der Waals surface area contributed by atoms with E-state index in [0.717, 1.165) is 24.6 Å². The van der Waals surface area contributed by atoms with E-state index >= 15 is 0 Å². The second-order valence-corrected chi connectivity index (χ2v) is 4.91. The lowest BCUT2D eigenvalue weighted by Gasteiger charge is -2.15. The Morgan fingerprint density at radius 2 is 2.18 bits per heavy atom. The van der Waals surface area contributed by atoms with Gasteiger partial charge in [0.05, 0.1) is 0 Å². The first-order chi connectivity index (χ1) is 8.33. The molecule has 2 fully saturated rings. The van der Waals surface area contributed by atoms with Crippen LogP contribution in [0.2, 0.25) is 0 Å². The molecule has 5 heteroatoms. The summed E-state index contributed by atoms with van der Waals surface area (Å²) in [5, 5.41) is 3.33. The van der Waals surface area contributed by atoms with Gasteiger partial charge >= 0.3 is 0 Å². The predicted octanol–water partition coefficient (Wildman–Crippen LogP) is 0.622. The Morgan fingerprint density at radius 1 is 1.41 bits per heavy atom. The molecule has 1 aliphatic carbocycles. The fourth-order valence-electron chi connectivity index (χ4n) is 2.17. The monoisotopic (exact) mass is 234 g/mol. The topological polar surface area (TPSA) is 61.0 Å². The minimum atomic E-state index is -0.00458. The second-order valence-electron chi connectivity index (χ2n) is 4.91. The fraction of sp³-hybridized carbons (Fsp3) is 0.667. The number of H-pyrrole nitrogens is 1. The minimum absolute atomic E-state index is 0.00458. The van der Waals surface area contributed by atoms with Crippen molar-refractivity contribution in [3.63, 3.8) is 0 Å². The highest BCUT2D eigenvalue weighted by molar-refractivity contribution is 5.31. The number of nitrogens with one attached hydrogen (secondary N) is 2. The van der Waals surface area contributed by atoms with Crippen molar-refractivity contribution < 1.29 is 0 Å². The number of rotatable bonds is 4. The summed E-state index contributed by atoms with van der Waals surface area (Å²) in [5.41, 5.74) is 0.731. The molecule has 1 aromatic heterocycles. The molecule has 0 bridgehead atoms. The highest BCUT2D eigenvalue weighted by atomic mass is 16.1. The lowest BCUT2D eigenvalue weighted by Crippen LogP contribution is -2.27. The minimum Gasteiger partial charge on any atom is -0.342 e. The van der Waals surface area contributed by atoms with Gasteiger partial charge in [-0.05, 0) is 25.7 Å². The Kier molecular flexibility index (Phi) is 2.84. The van der Waals surface area contributed by atoms with Crippen LogP contribution >= 0.6 is 0 Å². The predicted molar refractivity (Wildman–Crippen MR) is 66.2 cm³/mol. The van der Waals surface area contributed by atoms with Gasteiger partial charge in [0.25, 0.3) is 5.56 Å². The molecule has 3 rings (SSSR count). The van der Waals surface area contributed by atoms with Crippen LogP contribution in [0.25, 0.3) is 0 Å². The van der Waals surface area contributed by atoms with Crippen LogP contribution in [-0.2, 0) is 6.54 Å². The molecular formula is C12H18N4O. The van der Waals surface area contributed by atoms with Crippen LogP contribution in [0.1, 0.15) is 31.2 Å². The van der Waals surface area contributed by atoms with E-state index < -0.39 is 0 Å². The molecule has 2 heterocycles. The molecule has 5 nitrogen and oxygen atoms in total. The zero-order valence-electron chi connectivity index (χ0n) is 9.91. The smallest absolute Gasteiger partial charge is 0.256 e. The average molecular weight is 234 g/mol. The van der Waals surface area contributed by atoms with Crippen LogP contribution < -0.4 is 15.8 Å². The maximum atomic E-state index is 11.9. The SMILES string of the molecule is O=c1[nH]c(N2CCCC2)ncc1CNC1CC1. The van der Waals surface area contributed by atoms with Crippen molar-refractivity contribution in [2.75, 3.05) is 18.0 Å². The first-order valence-corrected chi connectivity index (χ1v) is 6.39. The van der Waals surface area contributed by atoms with Gasteiger partial charge in [0.1, 0.15) is 0 Å². The van der Waals surface area contributed by atoms with Gasteiger partial charge in [-0.15, -0.1) is 0 Å². The normalized spacial score (nSPS) is 19.9. The summed E-state index contributed by atoms with van der Waals surface area (Å²) < 4.78 is 0. The van der Waals surface area contributed by atoms with Crippen molar-refractivity contribution >= 4 is 5.95 Å². The molecule has 1 saturated heterocycles. The van der Waals surface area contributed by atoms with E-state index in [0.29, 0.717) is 12.6 Å². The molecule has 0 aromatic carbocycles. The Morgan fingerprint density at radius 3 is 2.82 bits per heavy atom. The van der Waals surface area contributed by atoms with E-state index in [2.05, 4.69) is 20.2 Å². The molecule has 0 atom stereocenters. The van der Waals surface area contributed by atoms with Gasteiger partial charge in [0.15, 0.2) is 0 Å². The first kappa shape index (κ1) is 10.8. The molecule has 1 saturated carbocycles. The molecule has 92 valence electrons. The van der Waals surface area contributed by atoms with Gasteiger partial charge in [0.2, 0.25) is 5.95 Å². The van der Waals surface area contributed by atoms with Crippen LogP contribution in [0.3, 0.4) is 0 Å². The van der Waals surface area contributed by atoms with Crippen molar-refractivity contribution in [1.29, 1.82) is 0 Å². The zero-order chi connectivity index (χ0) is 11.7. The molecule has 1 aliphatic heterocycles. The Hall–Kier alpha value is -1.36. The standard InChI is InChI=1S/C12H18N4O/c17-11-9(7-13-10-3-4-10)8-14-12(15-11)16-5-1-2-6-16/h8,10,13H,1-7H2,(H,14,15,17). The van der Waals surface area contributed by atoms with Crippen molar-refractivity contribution in [2.24, 2.45) is 0 Å². The van der Waals surface area contributed by atoms with E-state index in [9.17, 15) is 4.79 Å². The maximum Gasteiger partial charge on any atom is 0.256 e. The van der Waals surface area contributed by atoms with Crippen molar-refractivity contribution in [3.8, 4) is 0 Å². The summed E-state index contributed by atoms with van der Waals surface area (Å²) in [6.07, 6.45) is 6.56. The maximum absolute atomic E-state index is 11.9. The molecule has 1 aromatic rings. The van der Waals surface area contributed by atoms with Crippen LogP contribution in [0.4, 0.5) is 5.95 Å². The van der Waals surface area contributed by atoms with Crippen LogP contribution in [0.15, 0.2) is 11.0 Å². The average Bonchev–Trinajstić information content (AvgIpc) is 3.00. The summed E-state index contributed by atoms with van der Waals surface area (Å²) in [7, 11) is 0. The van der Waals surface area contributed by atoms with Gasteiger partial charge in [-0.2, -0.15) is 0 Å². The van der Waals surface area contributed by atoms with Crippen LogP contribution in [0.5, 0.6) is 0 Å². The molecule has 2 N–H and O–H groups in total. The van der Waals surface area contributed by atoms with Gasteiger partial charge in [-0.1, -0.05) is 0 Å². The largest absolute Gasteiger partial charge is 0.342 e. The molecule has 2 aliphatic rings.